The number of hydrogen-bond acceptors (Lipinski definition) is 7. The number of fused-ring (bicyclic) bond motifs is 2. The quantitative estimate of drug-likeness (QED) is 0.454. The molecule has 1 saturated heterocycles. The van der Waals surface area contributed by atoms with Crippen LogP contribution in [-0.2, 0) is 4.79 Å². The predicted octanol–water partition coefficient (Wildman–Crippen LogP) is 3.81. The zero-order valence-electron chi connectivity index (χ0n) is 18.7. The molecule has 0 saturated carbocycles. The van der Waals surface area contributed by atoms with Crippen LogP contribution in [0.25, 0.3) is 32.9 Å². The average Bonchev–Trinajstić information content (AvgIpc) is 2.88. The van der Waals surface area contributed by atoms with Crippen molar-refractivity contribution in [2.24, 2.45) is 0 Å². The van der Waals surface area contributed by atoms with Crippen LogP contribution in [0.1, 0.15) is 6.42 Å². The molecule has 8 nitrogen and oxygen atoms in total. The fourth-order valence-corrected chi connectivity index (χ4v) is 4.64. The SMILES string of the molecule is C=CC(=O)N1CCN(c2ncnc3c(F)c(-c4cc(O)cc5ccccc45)ncc23)C[C@@H]1CC#N. The van der Waals surface area contributed by atoms with Crippen LogP contribution in [0.3, 0.4) is 0 Å². The number of phenolic OH excluding ortho intramolecular Hbond substituents is 1. The van der Waals surface area contributed by atoms with Crippen LogP contribution in [0.15, 0.2) is 61.6 Å². The van der Waals surface area contributed by atoms with Crippen LogP contribution in [-0.4, -0.2) is 56.5 Å². The molecule has 1 amide bonds. The molecule has 1 aliphatic rings. The van der Waals surface area contributed by atoms with Gasteiger partial charge in [-0.3, -0.25) is 9.78 Å². The van der Waals surface area contributed by atoms with E-state index in [0.717, 1.165) is 10.8 Å². The van der Waals surface area contributed by atoms with Gasteiger partial charge in [-0.1, -0.05) is 30.8 Å². The Balaban J connectivity index is 1.58. The van der Waals surface area contributed by atoms with E-state index in [1.807, 2.05) is 29.2 Å². The van der Waals surface area contributed by atoms with Crippen molar-refractivity contribution in [3.05, 3.63) is 67.4 Å². The predicted molar refractivity (Wildman–Crippen MR) is 130 cm³/mol. The number of amides is 1. The van der Waals surface area contributed by atoms with E-state index in [2.05, 4.69) is 27.6 Å². The molecule has 1 N–H and O–H groups in total. The molecule has 1 aliphatic heterocycles. The van der Waals surface area contributed by atoms with E-state index in [9.17, 15) is 15.2 Å². The van der Waals surface area contributed by atoms with Gasteiger partial charge in [-0.05, 0) is 29.0 Å². The topological polar surface area (TPSA) is 106 Å². The Morgan fingerprint density at radius 3 is 2.86 bits per heavy atom. The van der Waals surface area contributed by atoms with Crippen LogP contribution in [0.5, 0.6) is 5.75 Å². The highest BCUT2D eigenvalue weighted by Crippen LogP contribution is 2.36. The van der Waals surface area contributed by atoms with Gasteiger partial charge in [0.1, 0.15) is 29.1 Å². The normalized spacial score (nSPS) is 15.8. The molecule has 0 unspecified atom stereocenters. The van der Waals surface area contributed by atoms with Gasteiger partial charge in [-0.2, -0.15) is 5.26 Å². The number of benzene rings is 2. The second kappa shape index (κ2) is 8.99. The van der Waals surface area contributed by atoms with Crippen molar-refractivity contribution in [2.45, 2.75) is 12.5 Å². The molecule has 0 radical (unpaired) electrons. The number of rotatable bonds is 4. The molecule has 0 spiro atoms. The lowest BCUT2D eigenvalue weighted by Crippen LogP contribution is -2.55. The number of carbonyl (C=O) groups is 1. The second-order valence-electron chi connectivity index (χ2n) is 8.29. The number of halogens is 1. The number of piperazine rings is 1. The first kappa shape index (κ1) is 22.2. The molecular weight excluding hydrogens is 447 g/mol. The van der Waals surface area contributed by atoms with E-state index in [1.54, 1.807) is 11.0 Å². The molecule has 9 heteroatoms. The highest BCUT2D eigenvalue weighted by Gasteiger charge is 2.31. The number of pyridine rings is 1. The van der Waals surface area contributed by atoms with Gasteiger partial charge >= 0.3 is 0 Å². The molecule has 3 heterocycles. The fraction of sp³-hybridized carbons (Fsp3) is 0.192. The first-order valence-electron chi connectivity index (χ1n) is 11.1. The minimum atomic E-state index is -0.615. The van der Waals surface area contributed by atoms with Crippen molar-refractivity contribution in [3.8, 4) is 23.1 Å². The smallest absolute Gasteiger partial charge is 0.246 e. The summed E-state index contributed by atoms with van der Waals surface area (Å²) in [6.45, 7) is 4.74. The molecule has 1 fully saturated rings. The van der Waals surface area contributed by atoms with Crippen LogP contribution >= 0.6 is 0 Å². The number of nitrogens with zero attached hydrogens (tertiary/aromatic N) is 6. The van der Waals surface area contributed by atoms with Gasteiger partial charge in [0.15, 0.2) is 5.82 Å². The summed E-state index contributed by atoms with van der Waals surface area (Å²) >= 11 is 0. The maximum atomic E-state index is 15.8. The molecule has 2 aromatic heterocycles. The van der Waals surface area contributed by atoms with Gasteiger partial charge in [0, 0.05) is 31.4 Å². The van der Waals surface area contributed by atoms with Crippen molar-refractivity contribution < 1.29 is 14.3 Å². The van der Waals surface area contributed by atoms with Gasteiger partial charge < -0.3 is 14.9 Å². The molecule has 0 bridgehead atoms. The van der Waals surface area contributed by atoms with Crippen LogP contribution in [0.2, 0.25) is 0 Å². The minimum Gasteiger partial charge on any atom is -0.508 e. The largest absolute Gasteiger partial charge is 0.508 e. The molecular formula is C26H21FN6O2. The zero-order chi connectivity index (χ0) is 24.5. The van der Waals surface area contributed by atoms with E-state index in [1.165, 1.54) is 24.7 Å². The first-order chi connectivity index (χ1) is 17.0. The Morgan fingerprint density at radius 1 is 1.23 bits per heavy atom. The van der Waals surface area contributed by atoms with E-state index in [0.29, 0.717) is 36.4 Å². The third kappa shape index (κ3) is 3.89. The number of aromatic hydroxyl groups is 1. The lowest BCUT2D eigenvalue weighted by atomic mass is 10.00. The Kier molecular flexibility index (Phi) is 5.71. The number of aromatic nitrogens is 3. The third-order valence-corrected chi connectivity index (χ3v) is 6.27. The van der Waals surface area contributed by atoms with Crippen LogP contribution in [0, 0.1) is 17.1 Å². The van der Waals surface area contributed by atoms with Crippen molar-refractivity contribution in [1.29, 1.82) is 5.26 Å². The van der Waals surface area contributed by atoms with E-state index in [-0.39, 0.29) is 35.3 Å². The van der Waals surface area contributed by atoms with Gasteiger partial charge in [-0.15, -0.1) is 0 Å². The summed E-state index contributed by atoms with van der Waals surface area (Å²) in [7, 11) is 0. The monoisotopic (exact) mass is 468 g/mol. The number of nitriles is 1. The van der Waals surface area contributed by atoms with E-state index in [4.69, 9.17) is 0 Å². The summed E-state index contributed by atoms with van der Waals surface area (Å²) < 4.78 is 15.8. The lowest BCUT2D eigenvalue weighted by Gasteiger charge is -2.41. The number of phenols is 1. The molecule has 0 aliphatic carbocycles. The molecule has 35 heavy (non-hydrogen) atoms. The average molecular weight is 468 g/mol. The molecule has 174 valence electrons. The van der Waals surface area contributed by atoms with E-state index >= 15 is 4.39 Å². The summed E-state index contributed by atoms with van der Waals surface area (Å²) in [6.07, 6.45) is 4.22. The van der Waals surface area contributed by atoms with Crippen LogP contribution < -0.4 is 4.90 Å². The summed E-state index contributed by atoms with van der Waals surface area (Å²) in [5.74, 6) is -0.342. The van der Waals surface area contributed by atoms with Crippen molar-refractivity contribution in [3.63, 3.8) is 0 Å². The van der Waals surface area contributed by atoms with Gasteiger partial charge in [0.2, 0.25) is 5.91 Å². The number of carbonyl (C=O) groups excluding carboxylic acids is 1. The highest BCUT2D eigenvalue weighted by atomic mass is 19.1. The van der Waals surface area contributed by atoms with Crippen molar-refractivity contribution in [2.75, 3.05) is 24.5 Å². The summed E-state index contributed by atoms with van der Waals surface area (Å²) in [5.41, 5.74) is 0.651. The van der Waals surface area contributed by atoms with E-state index < -0.39 is 5.82 Å². The third-order valence-electron chi connectivity index (χ3n) is 6.27. The second-order valence-corrected chi connectivity index (χ2v) is 8.29. The van der Waals surface area contributed by atoms with Crippen molar-refractivity contribution in [1.82, 2.24) is 19.9 Å². The summed E-state index contributed by atoms with van der Waals surface area (Å²) in [5, 5.41) is 21.4. The van der Waals surface area contributed by atoms with Crippen molar-refractivity contribution >= 4 is 33.4 Å². The summed E-state index contributed by atoms with van der Waals surface area (Å²) in [4.78, 5) is 28.8. The first-order valence-corrected chi connectivity index (χ1v) is 11.1. The maximum Gasteiger partial charge on any atom is 0.246 e. The molecule has 5 rings (SSSR count). The summed E-state index contributed by atoms with van der Waals surface area (Å²) in [6, 6.07) is 12.3. The molecule has 4 aromatic rings. The van der Waals surface area contributed by atoms with Gasteiger partial charge in [0.25, 0.3) is 0 Å². The fourth-order valence-electron chi connectivity index (χ4n) is 4.64. The lowest BCUT2D eigenvalue weighted by molar-refractivity contribution is -0.128. The Hall–Kier alpha value is -4.58. The Bertz CT molecular complexity index is 1520. The van der Waals surface area contributed by atoms with Crippen LogP contribution in [0.4, 0.5) is 10.2 Å². The Morgan fingerprint density at radius 2 is 2.06 bits per heavy atom. The molecule has 1 atom stereocenters. The number of hydrogen-bond donors (Lipinski definition) is 1. The standard InChI is InChI=1S/C26H21FN6O2/c1-2-22(35)33-10-9-32(14-17(33)7-8-28)26-21-13-29-24(23(27)25(21)30-15-31-26)20-12-18(34)11-16-5-3-4-6-19(16)20/h2-6,11-13,15,17,34H,1,7,9-10,14H2/t17-/m0/s1. The van der Waals surface area contributed by atoms with Gasteiger partial charge in [-0.25, -0.2) is 14.4 Å². The Labute approximate surface area is 200 Å². The zero-order valence-corrected chi connectivity index (χ0v) is 18.7. The molecule has 2 aromatic carbocycles. The maximum absolute atomic E-state index is 15.8. The highest BCUT2D eigenvalue weighted by molar-refractivity contribution is 5.99. The van der Waals surface area contributed by atoms with Gasteiger partial charge in [0.05, 0.1) is 23.9 Å². The minimum absolute atomic E-state index is 0.0128. The number of anilines is 1.